The highest BCUT2D eigenvalue weighted by Gasteiger charge is 2.48. The number of hydrogen-bond donors (Lipinski definition) is 2. The van der Waals surface area contributed by atoms with Crippen LogP contribution in [0.4, 0.5) is 0 Å². The Kier molecular flexibility index (Phi) is 7.90. The van der Waals surface area contributed by atoms with Crippen molar-refractivity contribution in [3.63, 3.8) is 0 Å². The number of ether oxygens (including phenoxy) is 2. The van der Waals surface area contributed by atoms with Crippen LogP contribution in [0.5, 0.6) is 0 Å². The molecule has 3 N–H and O–H groups in total. The molecule has 10 heteroatoms. The van der Waals surface area contributed by atoms with Crippen LogP contribution in [0.3, 0.4) is 0 Å². The van der Waals surface area contributed by atoms with Crippen molar-refractivity contribution < 1.29 is 37.4 Å². The summed E-state index contributed by atoms with van der Waals surface area (Å²) in [5.41, 5.74) is 6.11. The number of rotatable bonds is 10. The fourth-order valence-electron chi connectivity index (χ4n) is 4.18. The molecule has 1 aliphatic carbocycles. The smallest absolute Gasteiger partial charge is 0.338 e. The van der Waals surface area contributed by atoms with Crippen LogP contribution in [-0.4, -0.2) is 60.7 Å². The fourth-order valence-corrected chi connectivity index (χ4v) is 5.85. The van der Waals surface area contributed by atoms with E-state index in [1.165, 1.54) is 0 Å². The molecule has 36 heavy (non-hydrogen) atoms. The van der Waals surface area contributed by atoms with Gasteiger partial charge in [-0.2, -0.15) is 0 Å². The van der Waals surface area contributed by atoms with Gasteiger partial charge in [0.25, 0.3) is 0 Å². The second-order valence-electron chi connectivity index (χ2n) is 9.88. The normalized spacial score (nSPS) is 14.9. The second kappa shape index (κ2) is 10.4. The Labute approximate surface area is 210 Å². The first-order chi connectivity index (χ1) is 16.7. The Balaban J connectivity index is 1.67. The van der Waals surface area contributed by atoms with Gasteiger partial charge in [-0.3, -0.25) is 4.79 Å². The zero-order valence-electron chi connectivity index (χ0n) is 20.5. The van der Waals surface area contributed by atoms with Crippen LogP contribution < -0.4 is 5.73 Å². The van der Waals surface area contributed by atoms with Crippen molar-refractivity contribution in [1.29, 1.82) is 0 Å². The van der Waals surface area contributed by atoms with E-state index in [4.69, 9.17) is 15.2 Å². The van der Waals surface area contributed by atoms with Gasteiger partial charge >= 0.3 is 17.9 Å². The van der Waals surface area contributed by atoms with Crippen LogP contribution >= 0.6 is 0 Å². The van der Waals surface area contributed by atoms with Gasteiger partial charge in [0.15, 0.2) is 9.84 Å². The van der Waals surface area contributed by atoms with Gasteiger partial charge in [0.2, 0.25) is 5.54 Å². The monoisotopic (exact) mass is 517 g/mol. The lowest BCUT2D eigenvalue weighted by Gasteiger charge is -2.24. The summed E-state index contributed by atoms with van der Waals surface area (Å²) in [4.78, 5) is 36.6. The zero-order valence-corrected chi connectivity index (χ0v) is 21.3. The number of sulfone groups is 1. The molecule has 0 saturated heterocycles. The summed E-state index contributed by atoms with van der Waals surface area (Å²) in [5, 5.41) is 9.65. The number of esters is 2. The molecule has 2 aromatic rings. The Bertz CT molecular complexity index is 1220. The topological polar surface area (TPSA) is 150 Å². The molecule has 2 aromatic carbocycles. The summed E-state index contributed by atoms with van der Waals surface area (Å²) in [6.45, 7) is 4.86. The molecule has 0 aliphatic heterocycles. The van der Waals surface area contributed by atoms with E-state index in [1.807, 2.05) is 48.5 Å². The number of aliphatic carboxylic acids is 1. The van der Waals surface area contributed by atoms with Crippen molar-refractivity contribution in [2.45, 2.75) is 50.7 Å². The van der Waals surface area contributed by atoms with Gasteiger partial charge in [0, 0.05) is 12.3 Å². The lowest BCUT2D eigenvalue weighted by Crippen LogP contribution is -2.60. The largest absolute Gasteiger partial charge is 0.479 e. The van der Waals surface area contributed by atoms with Crippen LogP contribution in [0.15, 0.2) is 48.5 Å². The molecular weight excluding hydrogens is 486 g/mol. The predicted octanol–water partition coefficient (Wildman–Crippen LogP) is 2.66. The third kappa shape index (κ3) is 6.30. The summed E-state index contributed by atoms with van der Waals surface area (Å²) < 4.78 is 35.7. The first kappa shape index (κ1) is 27.3. The van der Waals surface area contributed by atoms with E-state index in [9.17, 15) is 27.9 Å². The molecule has 1 atom stereocenters. The molecule has 3 rings (SSSR count). The molecule has 0 fully saturated rings. The maximum Gasteiger partial charge on any atom is 0.338 e. The Morgan fingerprint density at radius 3 is 2.00 bits per heavy atom. The lowest BCUT2D eigenvalue weighted by molar-refractivity contribution is -0.160. The van der Waals surface area contributed by atoms with Crippen molar-refractivity contribution in [2.75, 3.05) is 18.1 Å². The molecule has 0 aromatic heterocycles. The minimum atomic E-state index is -4.12. The minimum Gasteiger partial charge on any atom is -0.479 e. The predicted molar refractivity (Wildman–Crippen MR) is 133 cm³/mol. The molecule has 0 bridgehead atoms. The number of hydrogen-bond acceptors (Lipinski definition) is 8. The molecule has 9 nitrogen and oxygen atoms in total. The molecule has 0 heterocycles. The Morgan fingerprint density at radius 1 is 0.972 bits per heavy atom. The van der Waals surface area contributed by atoms with E-state index in [1.54, 1.807) is 20.8 Å². The van der Waals surface area contributed by atoms with Gasteiger partial charge in [0.05, 0.1) is 11.5 Å². The van der Waals surface area contributed by atoms with Crippen LogP contribution in [0.1, 0.15) is 50.7 Å². The third-order valence-corrected chi connectivity index (χ3v) is 7.60. The number of fused-ring (bicyclic) bond motifs is 3. The minimum absolute atomic E-state index is 0.0996. The quantitative estimate of drug-likeness (QED) is 0.358. The van der Waals surface area contributed by atoms with Crippen molar-refractivity contribution >= 4 is 27.7 Å². The molecule has 1 aliphatic rings. The number of carbonyl (C=O) groups excluding carboxylic acids is 2. The number of benzene rings is 2. The number of carboxylic acids is 1. The zero-order chi connectivity index (χ0) is 26.7. The number of nitrogens with two attached hydrogens (primary N) is 1. The summed E-state index contributed by atoms with van der Waals surface area (Å²) in [6.07, 6.45) is -0.274. The van der Waals surface area contributed by atoms with Crippen molar-refractivity contribution in [3.8, 4) is 11.1 Å². The van der Waals surface area contributed by atoms with Gasteiger partial charge < -0.3 is 20.3 Å². The van der Waals surface area contributed by atoms with Crippen LogP contribution in [0.25, 0.3) is 11.1 Å². The van der Waals surface area contributed by atoms with Crippen LogP contribution in [0.2, 0.25) is 0 Å². The van der Waals surface area contributed by atoms with E-state index in [-0.39, 0.29) is 25.4 Å². The lowest BCUT2D eigenvalue weighted by atomic mass is 9.98. The number of carbonyl (C=O) groups is 3. The van der Waals surface area contributed by atoms with Crippen LogP contribution in [-0.2, 0) is 33.7 Å². The highest BCUT2D eigenvalue weighted by Crippen LogP contribution is 2.44. The molecule has 0 spiro atoms. The van der Waals surface area contributed by atoms with Gasteiger partial charge in [0.1, 0.15) is 12.2 Å². The Hall–Kier alpha value is -3.24. The van der Waals surface area contributed by atoms with Gasteiger partial charge in [-0.25, -0.2) is 18.0 Å². The van der Waals surface area contributed by atoms with E-state index < -0.39 is 50.4 Å². The van der Waals surface area contributed by atoms with E-state index in [2.05, 4.69) is 0 Å². The maximum absolute atomic E-state index is 12.8. The number of carboxylic acid groups (broad SMARTS) is 1. The van der Waals surface area contributed by atoms with Crippen molar-refractivity contribution in [2.24, 2.45) is 5.73 Å². The van der Waals surface area contributed by atoms with Crippen LogP contribution in [0, 0.1) is 0 Å². The first-order valence-electron chi connectivity index (χ1n) is 11.5. The Morgan fingerprint density at radius 2 is 1.50 bits per heavy atom. The molecule has 0 amide bonds. The third-order valence-electron chi connectivity index (χ3n) is 5.79. The average Bonchev–Trinajstić information content (AvgIpc) is 3.09. The highest BCUT2D eigenvalue weighted by molar-refractivity contribution is 7.91. The van der Waals surface area contributed by atoms with Crippen molar-refractivity contribution in [1.82, 2.24) is 0 Å². The van der Waals surface area contributed by atoms with E-state index >= 15 is 0 Å². The molecule has 0 radical (unpaired) electrons. The van der Waals surface area contributed by atoms with Gasteiger partial charge in [-0.05, 0) is 49.4 Å². The van der Waals surface area contributed by atoms with E-state index in [0.29, 0.717) is 0 Å². The highest BCUT2D eigenvalue weighted by atomic mass is 32.2. The standard InChI is InChI=1S/C26H31NO8S/c1-25(2,3)35-22(28)13-8-14-36(32,33)16-26(27,23(29)30)24(31)34-15-21-19-11-6-4-9-17(19)18-10-5-7-12-20(18)21/h4-7,9-12,21H,8,13-16,27H2,1-3H3,(H,29,30)/t26-/m1/s1. The molecular formula is C26H31NO8S. The average molecular weight is 518 g/mol. The second-order valence-corrected chi connectivity index (χ2v) is 12.1. The maximum atomic E-state index is 12.8. The summed E-state index contributed by atoms with van der Waals surface area (Å²) in [6, 6.07) is 15.2. The fraction of sp³-hybridized carbons (Fsp3) is 0.423. The summed E-state index contributed by atoms with van der Waals surface area (Å²) >= 11 is 0. The molecule has 0 unspecified atom stereocenters. The van der Waals surface area contributed by atoms with E-state index in [0.717, 1.165) is 22.3 Å². The van der Waals surface area contributed by atoms with Gasteiger partial charge in [-0.15, -0.1) is 0 Å². The molecule has 194 valence electrons. The summed E-state index contributed by atoms with van der Waals surface area (Å²) in [5.74, 6) is -5.76. The first-order valence-corrected chi connectivity index (χ1v) is 13.4. The molecule has 0 saturated carbocycles. The van der Waals surface area contributed by atoms with Crippen molar-refractivity contribution in [3.05, 3.63) is 59.7 Å². The summed E-state index contributed by atoms with van der Waals surface area (Å²) in [7, 11) is -4.12. The van der Waals surface area contributed by atoms with Gasteiger partial charge in [-0.1, -0.05) is 48.5 Å². The SMILES string of the molecule is CC(C)(C)OC(=O)CCCS(=O)(=O)C[C@@](N)(C(=O)O)C(=O)OCC1c2ccccc2-c2ccccc21.